The number of hydrogen-bond donors (Lipinski definition) is 1. The molecule has 2 aromatic rings. The zero-order valence-corrected chi connectivity index (χ0v) is 15.9. The minimum Gasteiger partial charge on any atom is -0.454 e. The second-order valence-corrected chi connectivity index (χ2v) is 7.83. The molecule has 0 radical (unpaired) electrons. The maximum absolute atomic E-state index is 12.8. The number of ether oxygens (including phenoxy) is 2. The number of urea groups is 1. The van der Waals surface area contributed by atoms with Gasteiger partial charge in [0.25, 0.3) is 0 Å². The van der Waals surface area contributed by atoms with Crippen molar-refractivity contribution in [3.05, 3.63) is 59.7 Å². The molecule has 0 bridgehead atoms. The van der Waals surface area contributed by atoms with Crippen LogP contribution in [0.15, 0.2) is 48.5 Å². The lowest BCUT2D eigenvalue weighted by atomic mass is 10.1. The molecule has 1 aliphatic carbocycles. The summed E-state index contributed by atoms with van der Waals surface area (Å²) in [5.74, 6) is 1.64. The summed E-state index contributed by atoms with van der Waals surface area (Å²) in [7, 11) is 0. The molecule has 1 saturated carbocycles. The topological polar surface area (TPSA) is 54.0 Å². The molecule has 1 N–H and O–H groups in total. The van der Waals surface area contributed by atoms with Crippen molar-refractivity contribution in [3.63, 3.8) is 0 Å². The van der Waals surface area contributed by atoms with Crippen LogP contribution in [0.25, 0.3) is 0 Å². The van der Waals surface area contributed by atoms with Crippen LogP contribution in [0, 0.1) is 0 Å². The molecule has 6 heteroatoms. The first-order valence-electron chi connectivity index (χ1n) is 9.95. The largest absolute Gasteiger partial charge is 0.454 e. The Morgan fingerprint density at radius 3 is 2.46 bits per heavy atom. The molecule has 1 saturated heterocycles. The van der Waals surface area contributed by atoms with Crippen LogP contribution in [-0.2, 0) is 12.1 Å². The van der Waals surface area contributed by atoms with E-state index >= 15 is 0 Å². The lowest BCUT2D eigenvalue weighted by Gasteiger charge is -2.35. The Kier molecular flexibility index (Phi) is 4.36. The van der Waals surface area contributed by atoms with Gasteiger partial charge in [-0.2, -0.15) is 0 Å². The summed E-state index contributed by atoms with van der Waals surface area (Å²) in [5.41, 5.74) is 2.27. The van der Waals surface area contributed by atoms with Crippen LogP contribution in [-0.4, -0.2) is 48.8 Å². The number of nitrogens with one attached hydrogen (secondary N) is 1. The smallest absolute Gasteiger partial charge is 0.318 e. The number of amides is 2. The Morgan fingerprint density at radius 1 is 0.964 bits per heavy atom. The molecule has 0 atom stereocenters. The van der Waals surface area contributed by atoms with Crippen LogP contribution in [0.5, 0.6) is 11.5 Å². The maximum atomic E-state index is 12.8. The van der Waals surface area contributed by atoms with Crippen molar-refractivity contribution in [2.75, 3.05) is 33.0 Å². The average molecular weight is 379 g/mol. The third kappa shape index (κ3) is 3.40. The summed E-state index contributed by atoms with van der Waals surface area (Å²) >= 11 is 0. The highest BCUT2D eigenvalue weighted by atomic mass is 16.7. The van der Waals surface area contributed by atoms with E-state index in [0.717, 1.165) is 57.1 Å². The Labute approximate surface area is 165 Å². The molecule has 0 unspecified atom stereocenters. The van der Waals surface area contributed by atoms with E-state index in [9.17, 15) is 4.79 Å². The quantitative estimate of drug-likeness (QED) is 0.888. The van der Waals surface area contributed by atoms with Crippen LogP contribution >= 0.6 is 0 Å². The first-order valence-corrected chi connectivity index (χ1v) is 9.95. The van der Waals surface area contributed by atoms with Crippen LogP contribution in [0.2, 0.25) is 0 Å². The number of hydrogen-bond acceptors (Lipinski definition) is 4. The summed E-state index contributed by atoms with van der Waals surface area (Å²) < 4.78 is 10.8. The second kappa shape index (κ2) is 7.02. The highest BCUT2D eigenvalue weighted by Crippen LogP contribution is 2.45. The molecule has 5 rings (SSSR count). The number of fused-ring (bicyclic) bond motifs is 1. The highest BCUT2D eigenvalue weighted by Gasteiger charge is 2.46. The van der Waals surface area contributed by atoms with Gasteiger partial charge in [0.2, 0.25) is 6.79 Å². The van der Waals surface area contributed by atoms with Crippen molar-refractivity contribution in [2.45, 2.75) is 24.9 Å². The summed E-state index contributed by atoms with van der Waals surface area (Å²) in [6.07, 6.45) is 2.04. The lowest BCUT2D eigenvalue weighted by molar-refractivity contribution is 0.132. The van der Waals surface area contributed by atoms with E-state index in [1.54, 1.807) is 0 Å². The van der Waals surface area contributed by atoms with E-state index in [1.165, 1.54) is 11.1 Å². The molecule has 2 aromatic carbocycles. The number of rotatable bonds is 4. The molecule has 0 spiro atoms. The molecule has 2 amide bonds. The average Bonchev–Trinajstić information content (AvgIpc) is 3.36. The fraction of sp³-hybridized carbons (Fsp3) is 0.409. The third-order valence-electron chi connectivity index (χ3n) is 5.93. The van der Waals surface area contributed by atoms with Crippen molar-refractivity contribution in [1.29, 1.82) is 0 Å². The van der Waals surface area contributed by atoms with Gasteiger partial charge in [-0.15, -0.1) is 0 Å². The van der Waals surface area contributed by atoms with E-state index in [2.05, 4.69) is 34.5 Å². The lowest BCUT2D eigenvalue weighted by Crippen LogP contribution is -2.53. The number of carbonyl (C=O) groups excluding carboxylic acids is 1. The van der Waals surface area contributed by atoms with E-state index in [4.69, 9.17) is 9.47 Å². The van der Waals surface area contributed by atoms with E-state index in [1.807, 2.05) is 29.2 Å². The molecule has 6 nitrogen and oxygen atoms in total. The normalized spacial score (nSPS) is 20.1. The van der Waals surface area contributed by atoms with Gasteiger partial charge in [0.1, 0.15) is 0 Å². The molecule has 3 aliphatic rings. The second-order valence-electron chi connectivity index (χ2n) is 7.83. The fourth-order valence-electron chi connectivity index (χ4n) is 4.06. The Balaban J connectivity index is 1.15. The van der Waals surface area contributed by atoms with Crippen molar-refractivity contribution in [2.24, 2.45) is 0 Å². The van der Waals surface area contributed by atoms with Crippen LogP contribution in [0.3, 0.4) is 0 Å². The Hall–Kier alpha value is -2.73. The maximum Gasteiger partial charge on any atom is 0.318 e. The van der Waals surface area contributed by atoms with E-state index in [0.29, 0.717) is 6.79 Å². The first kappa shape index (κ1) is 17.4. The predicted molar refractivity (Wildman–Crippen MR) is 105 cm³/mol. The van der Waals surface area contributed by atoms with Crippen molar-refractivity contribution in [3.8, 4) is 11.5 Å². The fourth-order valence-corrected chi connectivity index (χ4v) is 4.06. The molecule has 28 heavy (non-hydrogen) atoms. The van der Waals surface area contributed by atoms with Crippen molar-refractivity contribution >= 4 is 6.03 Å². The van der Waals surface area contributed by atoms with Gasteiger partial charge in [0, 0.05) is 32.7 Å². The van der Waals surface area contributed by atoms with E-state index < -0.39 is 0 Å². The summed E-state index contributed by atoms with van der Waals surface area (Å²) in [6, 6.07) is 16.5. The van der Waals surface area contributed by atoms with E-state index in [-0.39, 0.29) is 11.6 Å². The van der Waals surface area contributed by atoms with Crippen molar-refractivity contribution in [1.82, 2.24) is 15.1 Å². The SMILES string of the molecule is O=C(NC1(c2ccccc2)CC1)N1CCN(Cc2ccc3c(c2)OCO3)CC1. The van der Waals surface area contributed by atoms with Gasteiger partial charge in [0.05, 0.1) is 5.54 Å². The molecular weight excluding hydrogens is 354 g/mol. The molecule has 2 fully saturated rings. The van der Waals surface area contributed by atoms with Crippen molar-refractivity contribution < 1.29 is 14.3 Å². The predicted octanol–water partition coefficient (Wildman–Crippen LogP) is 2.93. The highest BCUT2D eigenvalue weighted by molar-refractivity contribution is 5.76. The zero-order chi connectivity index (χ0) is 19.0. The molecule has 0 aromatic heterocycles. The van der Waals surface area contributed by atoms with Gasteiger partial charge < -0.3 is 19.7 Å². The van der Waals surface area contributed by atoms with Gasteiger partial charge in [0.15, 0.2) is 11.5 Å². The van der Waals surface area contributed by atoms with Crippen LogP contribution in [0.4, 0.5) is 4.79 Å². The molecule has 2 aliphatic heterocycles. The van der Waals surface area contributed by atoms with Gasteiger partial charge in [-0.25, -0.2) is 4.79 Å². The van der Waals surface area contributed by atoms with Crippen LogP contribution in [0.1, 0.15) is 24.0 Å². The summed E-state index contributed by atoms with van der Waals surface area (Å²) in [4.78, 5) is 17.1. The number of piperazine rings is 1. The summed E-state index contributed by atoms with van der Waals surface area (Å²) in [5, 5.41) is 3.28. The molecule has 146 valence electrons. The van der Waals surface area contributed by atoms with Crippen LogP contribution < -0.4 is 14.8 Å². The minimum atomic E-state index is -0.151. The molecule has 2 heterocycles. The van der Waals surface area contributed by atoms with Gasteiger partial charge in [-0.05, 0) is 36.1 Å². The standard InChI is InChI=1S/C22H25N3O3/c26-21(23-22(8-9-22)18-4-2-1-3-5-18)25-12-10-24(11-13-25)15-17-6-7-19-20(14-17)28-16-27-19/h1-7,14H,8-13,15-16H2,(H,23,26). The number of nitrogens with zero attached hydrogens (tertiary/aromatic N) is 2. The third-order valence-corrected chi connectivity index (χ3v) is 5.93. The number of benzene rings is 2. The van der Waals surface area contributed by atoms with Gasteiger partial charge in [-0.3, -0.25) is 4.90 Å². The Bertz CT molecular complexity index is 859. The monoisotopic (exact) mass is 379 g/mol. The van der Waals surface area contributed by atoms with Gasteiger partial charge >= 0.3 is 6.03 Å². The number of carbonyl (C=O) groups is 1. The Morgan fingerprint density at radius 2 is 1.71 bits per heavy atom. The van der Waals surface area contributed by atoms with Gasteiger partial charge in [-0.1, -0.05) is 36.4 Å². The minimum absolute atomic E-state index is 0.0593. The molecular formula is C22H25N3O3. The zero-order valence-electron chi connectivity index (χ0n) is 15.9. The first-order chi connectivity index (χ1) is 13.7. The summed E-state index contributed by atoms with van der Waals surface area (Å²) in [6.45, 7) is 4.42.